The van der Waals surface area contributed by atoms with Gasteiger partial charge in [0, 0.05) is 39.3 Å². The van der Waals surface area contributed by atoms with Crippen molar-refractivity contribution < 1.29 is 13.2 Å². The summed E-state index contributed by atoms with van der Waals surface area (Å²) in [6.45, 7) is 0.506. The molecule has 0 heterocycles. The fourth-order valence-corrected chi connectivity index (χ4v) is 3.71. The van der Waals surface area contributed by atoms with Crippen molar-refractivity contribution in [2.45, 2.75) is 18.0 Å². The van der Waals surface area contributed by atoms with Gasteiger partial charge >= 0.3 is 6.03 Å². The van der Waals surface area contributed by atoms with Gasteiger partial charge in [-0.25, -0.2) is 17.5 Å². The van der Waals surface area contributed by atoms with Gasteiger partial charge in [-0.15, -0.1) is 0 Å². The Bertz CT molecular complexity index is 885. The molecular formula is C18H22ClN3O3S. The van der Waals surface area contributed by atoms with Crippen LogP contribution in [0.15, 0.2) is 53.4 Å². The summed E-state index contributed by atoms with van der Waals surface area (Å²) in [6.07, 6.45) is 0. The van der Waals surface area contributed by atoms with Gasteiger partial charge in [0.05, 0.1) is 4.90 Å². The van der Waals surface area contributed by atoms with Crippen LogP contribution in [-0.4, -0.2) is 44.8 Å². The smallest absolute Gasteiger partial charge is 0.317 e. The van der Waals surface area contributed by atoms with E-state index >= 15 is 0 Å². The molecule has 0 unspecified atom stereocenters. The van der Waals surface area contributed by atoms with E-state index in [0.29, 0.717) is 17.1 Å². The molecule has 2 rings (SSSR count). The van der Waals surface area contributed by atoms with Crippen molar-refractivity contribution in [3.63, 3.8) is 0 Å². The molecule has 0 fully saturated rings. The Balaban J connectivity index is 2.06. The van der Waals surface area contributed by atoms with E-state index in [9.17, 15) is 13.2 Å². The molecule has 0 aliphatic carbocycles. The summed E-state index contributed by atoms with van der Waals surface area (Å²) in [5.41, 5.74) is 1.44. The Hall–Kier alpha value is -2.09. The van der Waals surface area contributed by atoms with E-state index in [1.54, 1.807) is 37.4 Å². The first-order valence-electron chi connectivity index (χ1n) is 7.95. The van der Waals surface area contributed by atoms with Crippen LogP contribution < -0.4 is 5.32 Å². The summed E-state index contributed by atoms with van der Waals surface area (Å²) in [5.74, 6) is 0. The van der Waals surface area contributed by atoms with Crippen LogP contribution in [0.1, 0.15) is 11.1 Å². The fraction of sp³-hybridized carbons (Fsp3) is 0.278. The summed E-state index contributed by atoms with van der Waals surface area (Å²) in [6, 6.07) is 13.6. The lowest BCUT2D eigenvalue weighted by Gasteiger charge is -2.19. The maximum Gasteiger partial charge on any atom is 0.317 e. The van der Waals surface area contributed by atoms with Crippen LogP contribution in [0.4, 0.5) is 4.79 Å². The van der Waals surface area contributed by atoms with Gasteiger partial charge in [0.15, 0.2) is 0 Å². The molecule has 0 aromatic heterocycles. The molecule has 8 heteroatoms. The highest BCUT2D eigenvalue weighted by atomic mass is 35.5. The van der Waals surface area contributed by atoms with Crippen LogP contribution in [0.25, 0.3) is 0 Å². The second-order valence-electron chi connectivity index (χ2n) is 6.04. The van der Waals surface area contributed by atoms with E-state index in [1.165, 1.54) is 25.1 Å². The average molecular weight is 396 g/mol. The largest absolute Gasteiger partial charge is 0.334 e. The minimum absolute atomic E-state index is 0.113. The van der Waals surface area contributed by atoms with Gasteiger partial charge in [0.25, 0.3) is 0 Å². The van der Waals surface area contributed by atoms with Crippen LogP contribution >= 0.6 is 11.6 Å². The van der Waals surface area contributed by atoms with Crippen molar-refractivity contribution in [3.8, 4) is 0 Å². The molecule has 0 bridgehead atoms. The Labute approximate surface area is 159 Å². The highest BCUT2D eigenvalue weighted by Gasteiger charge is 2.21. The third-order valence-corrected chi connectivity index (χ3v) is 5.97. The molecule has 0 saturated heterocycles. The number of hydrogen-bond donors (Lipinski definition) is 1. The molecule has 0 atom stereocenters. The number of carbonyl (C=O) groups is 1. The van der Waals surface area contributed by atoms with Gasteiger partial charge in [0.1, 0.15) is 0 Å². The van der Waals surface area contributed by atoms with E-state index < -0.39 is 10.0 Å². The van der Waals surface area contributed by atoms with Crippen molar-refractivity contribution in [1.82, 2.24) is 14.5 Å². The zero-order chi connectivity index (χ0) is 19.3. The number of urea groups is 1. The SMILES string of the molecule is CN(Cc1cccc(Cl)c1)C(=O)NCc1ccccc1S(=O)(=O)N(C)C. The van der Waals surface area contributed by atoms with Crippen LogP contribution in [0, 0.1) is 0 Å². The average Bonchev–Trinajstić information content (AvgIpc) is 2.59. The summed E-state index contributed by atoms with van der Waals surface area (Å²) in [7, 11) is 1.04. The van der Waals surface area contributed by atoms with Gasteiger partial charge < -0.3 is 10.2 Å². The van der Waals surface area contributed by atoms with E-state index in [4.69, 9.17) is 11.6 Å². The number of nitrogens with zero attached hydrogens (tertiary/aromatic N) is 2. The first-order chi connectivity index (χ1) is 12.2. The van der Waals surface area contributed by atoms with Gasteiger partial charge in [-0.05, 0) is 29.3 Å². The van der Waals surface area contributed by atoms with Crippen molar-refractivity contribution in [3.05, 3.63) is 64.7 Å². The number of nitrogens with one attached hydrogen (secondary N) is 1. The normalized spacial score (nSPS) is 11.4. The van der Waals surface area contributed by atoms with Crippen molar-refractivity contribution in [1.29, 1.82) is 0 Å². The molecule has 26 heavy (non-hydrogen) atoms. The molecule has 0 radical (unpaired) electrons. The molecular weight excluding hydrogens is 374 g/mol. The monoisotopic (exact) mass is 395 g/mol. The minimum atomic E-state index is -3.58. The van der Waals surface area contributed by atoms with Crippen LogP contribution in [0.5, 0.6) is 0 Å². The van der Waals surface area contributed by atoms with Crippen LogP contribution in [0.2, 0.25) is 5.02 Å². The fourth-order valence-electron chi connectivity index (χ4n) is 2.38. The van der Waals surface area contributed by atoms with Crippen molar-refractivity contribution >= 4 is 27.7 Å². The summed E-state index contributed by atoms with van der Waals surface area (Å²) < 4.78 is 25.9. The molecule has 2 aromatic rings. The number of amides is 2. The second kappa shape index (κ2) is 8.53. The highest BCUT2D eigenvalue weighted by Crippen LogP contribution is 2.18. The molecule has 0 spiro atoms. The number of sulfonamides is 1. The lowest BCUT2D eigenvalue weighted by atomic mass is 10.2. The van der Waals surface area contributed by atoms with Crippen LogP contribution in [-0.2, 0) is 23.1 Å². The maximum absolute atomic E-state index is 12.4. The number of hydrogen-bond acceptors (Lipinski definition) is 3. The predicted octanol–water partition coefficient (Wildman–Crippen LogP) is 2.93. The van der Waals surface area contributed by atoms with Gasteiger partial charge in [-0.2, -0.15) is 0 Å². The summed E-state index contributed by atoms with van der Waals surface area (Å²) in [5, 5.41) is 3.37. The summed E-state index contributed by atoms with van der Waals surface area (Å²) in [4.78, 5) is 14.0. The quantitative estimate of drug-likeness (QED) is 0.817. The number of rotatable bonds is 6. The topological polar surface area (TPSA) is 69.7 Å². The molecule has 0 saturated carbocycles. The molecule has 2 amide bonds. The van der Waals surface area contributed by atoms with Gasteiger partial charge in [-0.1, -0.05) is 41.9 Å². The number of carbonyl (C=O) groups excluding carboxylic acids is 1. The van der Waals surface area contributed by atoms with Gasteiger partial charge in [0.2, 0.25) is 10.0 Å². The first-order valence-corrected chi connectivity index (χ1v) is 9.77. The van der Waals surface area contributed by atoms with E-state index in [-0.39, 0.29) is 17.5 Å². The maximum atomic E-state index is 12.4. The molecule has 140 valence electrons. The van der Waals surface area contributed by atoms with E-state index in [1.807, 2.05) is 12.1 Å². The van der Waals surface area contributed by atoms with Crippen LogP contribution in [0.3, 0.4) is 0 Å². The summed E-state index contributed by atoms with van der Waals surface area (Å²) >= 11 is 5.95. The Morgan fingerprint density at radius 1 is 1.08 bits per heavy atom. The van der Waals surface area contributed by atoms with E-state index in [2.05, 4.69) is 5.32 Å². The molecule has 6 nitrogen and oxygen atoms in total. The molecule has 2 aromatic carbocycles. The zero-order valence-corrected chi connectivity index (χ0v) is 16.5. The minimum Gasteiger partial charge on any atom is -0.334 e. The van der Waals surface area contributed by atoms with Crippen molar-refractivity contribution in [2.75, 3.05) is 21.1 Å². The standard InChI is InChI=1S/C18H22ClN3O3S/c1-21(2)26(24,25)17-10-5-4-8-15(17)12-20-18(23)22(3)13-14-7-6-9-16(19)11-14/h4-11H,12-13H2,1-3H3,(H,20,23). The highest BCUT2D eigenvalue weighted by molar-refractivity contribution is 7.89. The third kappa shape index (κ3) is 4.97. The Morgan fingerprint density at radius 2 is 1.77 bits per heavy atom. The molecule has 0 aliphatic heterocycles. The molecule has 0 aliphatic rings. The first kappa shape index (κ1) is 20.2. The Morgan fingerprint density at radius 3 is 2.42 bits per heavy atom. The predicted molar refractivity (Wildman–Crippen MR) is 102 cm³/mol. The number of benzene rings is 2. The molecule has 1 N–H and O–H groups in total. The van der Waals surface area contributed by atoms with E-state index in [0.717, 1.165) is 9.87 Å². The zero-order valence-electron chi connectivity index (χ0n) is 14.9. The van der Waals surface area contributed by atoms with Gasteiger partial charge in [-0.3, -0.25) is 0 Å². The lowest BCUT2D eigenvalue weighted by molar-refractivity contribution is 0.206. The second-order valence-corrected chi connectivity index (χ2v) is 8.60. The lowest BCUT2D eigenvalue weighted by Crippen LogP contribution is -2.36. The third-order valence-electron chi connectivity index (χ3n) is 3.82. The number of halogens is 1. The van der Waals surface area contributed by atoms with Crippen molar-refractivity contribution in [2.24, 2.45) is 0 Å². The Kier molecular flexibility index (Phi) is 6.63.